The number of carboxylic acid groups (broad SMARTS) is 3. The van der Waals surface area contributed by atoms with Gasteiger partial charge >= 0.3 is 11.9 Å². The van der Waals surface area contributed by atoms with E-state index in [0.717, 1.165) is 32.1 Å². The largest absolute Gasteiger partial charge is 0.544 e. The van der Waals surface area contributed by atoms with Crippen LogP contribution in [-0.4, -0.2) is 58.8 Å². The minimum atomic E-state index is -1.44. The van der Waals surface area contributed by atoms with E-state index in [1.807, 2.05) is 6.08 Å². The first-order valence-corrected chi connectivity index (χ1v) is 7.41. The fourth-order valence-electron chi connectivity index (χ4n) is 2.52. The van der Waals surface area contributed by atoms with E-state index in [2.05, 4.69) is 6.58 Å². The maximum absolute atomic E-state index is 11.0. The molecule has 0 fully saturated rings. The van der Waals surface area contributed by atoms with Crippen LogP contribution in [0.2, 0.25) is 0 Å². The third-order valence-electron chi connectivity index (χ3n) is 3.45. The Kier molecular flexibility index (Phi) is 9.86. The van der Waals surface area contributed by atoms with Gasteiger partial charge in [0.1, 0.15) is 6.54 Å². The molecule has 0 aromatic heterocycles. The second kappa shape index (κ2) is 10.8. The number of aliphatic carboxylic acids is 3. The van der Waals surface area contributed by atoms with Gasteiger partial charge in [0, 0.05) is 0 Å². The summed E-state index contributed by atoms with van der Waals surface area (Å²) >= 11 is 0. The summed E-state index contributed by atoms with van der Waals surface area (Å²) in [7, 11) is 0. The Morgan fingerprint density at radius 3 is 1.86 bits per heavy atom. The number of carboxylic acids is 3. The molecule has 0 radical (unpaired) electrons. The molecule has 0 aliphatic rings. The van der Waals surface area contributed by atoms with Crippen LogP contribution in [0, 0.1) is 0 Å². The van der Waals surface area contributed by atoms with Gasteiger partial charge < -0.3 is 24.6 Å². The van der Waals surface area contributed by atoms with Crippen molar-refractivity contribution in [3.63, 3.8) is 0 Å². The van der Waals surface area contributed by atoms with Gasteiger partial charge in [0.2, 0.25) is 0 Å². The van der Waals surface area contributed by atoms with Crippen molar-refractivity contribution in [3.05, 3.63) is 12.7 Å². The summed E-state index contributed by atoms with van der Waals surface area (Å²) in [6.45, 7) is 2.17. The topological polar surface area (TPSA) is 115 Å². The van der Waals surface area contributed by atoms with Crippen molar-refractivity contribution in [3.8, 4) is 0 Å². The van der Waals surface area contributed by atoms with Gasteiger partial charge in [0.15, 0.2) is 13.1 Å². The standard InChI is InChI=1S/C15H25NO6/c1-2-3-4-5-6-7-8-9-16(10-13(17)18,11-14(19)20)12-15(21)22/h2H,1,3-12H2,(H2-,17,18,19,20,21,22). The third-order valence-corrected chi connectivity index (χ3v) is 3.45. The zero-order valence-electron chi connectivity index (χ0n) is 12.8. The van der Waals surface area contributed by atoms with Crippen molar-refractivity contribution >= 4 is 17.9 Å². The molecule has 0 spiro atoms. The molecule has 0 unspecified atom stereocenters. The predicted molar refractivity (Wildman–Crippen MR) is 77.9 cm³/mol. The lowest BCUT2D eigenvalue weighted by molar-refractivity contribution is -0.909. The van der Waals surface area contributed by atoms with Gasteiger partial charge in [-0.2, -0.15) is 0 Å². The van der Waals surface area contributed by atoms with E-state index < -0.39 is 42.0 Å². The quantitative estimate of drug-likeness (QED) is 0.270. The molecule has 0 aliphatic carbocycles. The summed E-state index contributed by atoms with van der Waals surface area (Å²) in [5.41, 5.74) is 0. The normalized spacial score (nSPS) is 11.1. The molecule has 0 heterocycles. The van der Waals surface area contributed by atoms with Crippen molar-refractivity contribution in [2.24, 2.45) is 0 Å². The zero-order chi connectivity index (χ0) is 17.0. The highest BCUT2D eigenvalue weighted by Crippen LogP contribution is 2.12. The summed E-state index contributed by atoms with van der Waals surface area (Å²) < 4.78 is -0.514. The summed E-state index contributed by atoms with van der Waals surface area (Å²) in [6, 6.07) is 0. The zero-order valence-corrected chi connectivity index (χ0v) is 12.8. The first-order chi connectivity index (χ1) is 10.3. The van der Waals surface area contributed by atoms with Crippen LogP contribution in [0.15, 0.2) is 12.7 Å². The summed E-state index contributed by atoms with van der Waals surface area (Å²) in [6.07, 6.45) is 7.19. The van der Waals surface area contributed by atoms with Gasteiger partial charge in [-0.05, 0) is 25.7 Å². The molecule has 0 aromatic rings. The lowest BCUT2D eigenvalue weighted by atomic mass is 10.1. The molecular weight excluding hydrogens is 290 g/mol. The molecule has 22 heavy (non-hydrogen) atoms. The summed E-state index contributed by atoms with van der Waals surface area (Å²) in [5, 5.41) is 28.7. The Morgan fingerprint density at radius 2 is 1.41 bits per heavy atom. The maximum Gasteiger partial charge on any atom is 0.359 e. The van der Waals surface area contributed by atoms with Crippen LogP contribution in [0.1, 0.15) is 38.5 Å². The van der Waals surface area contributed by atoms with E-state index >= 15 is 0 Å². The molecule has 0 atom stereocenters. The molecule has 2 N–H and O–H groups in total. The molecular formula is C15H25NO6. The van der Waals surface area contributed by atoms with Gasteiger partial charge in [0.05, 0.1) is 12.5 Å². The molecule has 0 rings (SSSR count). The first kappa shape index (κ1) is 20.1. The molecule has 0 aromatic carbocycles. The highest BCUT2D eigenvalue weighted by Gasteiger charge is 2.33. The summed E-state index contributed by atoms with van der Waals surface area (Å²) in [5.74, 6) is -3.87. The maximum atomic E-state index is 11.0. The lowest BCUT2D eigenvalue weighted by Gasteiger charge is -2.36. The van der Waals surface area contributed by atoms with E-state index in [9.17, 15) is 19.5 Å². The molecule has 0 aliphatic heterocycles. The van der Waals surface area contributed by atoms with E-state index in [4.69, 9.17) is 10.2 Å². The van der Waals surface area contributed by atoms with E-state index in [-0.39, 0.29) is 6.54 Å². The molecule has 0 bridgehead atoms. The van der Waals surface area contributed by atoms with Gasteiger partial charge in [-0.15, -0.1) is 6.58 Å². The predicted octanol–water partition coefficient (Wildman–Crippen LogP) is 0.249. The van der Waals surface area contributed by atoms with Gasteiger partial charge in [-0.25, -0.2) is 9.59 Å². The number of carbonyl (C=O) groups is 3. The van der Waals surface area contributed by atoms with Crippen molar-refractivity contribution < 1.29 is 34.2 Å². The van der Waals surface area contributed by atoms with E-state index in [0.29, 0.717) is 6.42 Å². The fraction of sp³-hybridized carbons (Fsp3) is 0.667. The SMILES string of the molecule is C=CCCCCCCC[N+](CC(=O)[O-])(CC(=O)O)CC(=O)O. The van der Waals surface area contributed by atoms with E-state index in [1.54, 1.807) is 0 Å². The van der Waals surface area contributed by atoms with Crippen LogP contribution in [-0.2, 0) is 14.4 Å². The first-order valence-electron chi connectivity index (χ1n) is 7.41. The smallest absolute Gasteiger partial charge is 0.359 e. The van der Waals surface area contributed by atoms with Crippen molar-refractivity contribution in [2.75, 3.05) is 26.2 Å². The van der Waals surface area contributed by atoms with Crippen LogP contribution >= 0.6 is 0 Å². The number of rotatable bonds is 14. The van der Waals surface area contributed by atoms with Crippen molar-refractivity contribution in [2.45, 2.75) is 38.5 Å². The highest BCUT2D eigenvalue weighted by molar-refractivity contribution is 5.72. The Morgan fingerprint density at radius 1 is 0.909 bits per heavy atom. The summed E-state index contributed by atoms with van der Waals surface area (Å²) in [4.78, 5) is 32.8. The molecule has 7 heteroatoms. The number of hydrogen-bond donors (Lipinski definition) is 2. The number of nitrogens with zero attached hydrogens (tertiary/aromatic N) is 1. The second-order valence-corrected chi connectivity index (χ2v) is 5.54. The van der Waals surface area contributed by atoms with Crippen LogP contribution < -0.4 is 5.11 Å². The Bertz CT molecular complexity index is 353. The number of allylic oxidation sites excluding steroid dienone is 1. The van der Waals surface area contributed by atoms with E-state index in [1.165, 1.54) is 0 Å². The second-order valence-electron chi connectivity index (χ2n) is 5.54. The molecule has 126 valence electrons. The Labute approximate surface area is 130 Å². The van der Waals surface area contributed by atoms with Crippen LogP contribution in [0.5, 0.6) is 0 Å². The molecule has 7 nitrogen and oxygen atoms in total. The van der Waals surface area contributed by atoms with Crippen LogP contribution in [0.3, 0.4) is 0 Å². The third kappa shape index (κ3) is 9.93. The van der Waals surface area contributed by atoms with Crippen molar-refractivity contribution in [1.82, 2.24) is 0 Å². The fourth-order valence-corrected chi connectivity index (χ4v) is 2.52. The average Bonchev–Trinajstić information content (AvgIpc) is 2.35. The molecule has 0 saturated heterocycles. The minimum absolute atomic E-state index is 0.202. The Hall–Kier alpha value is -1.89. The number of carbonyl (C=O) groups excluding carboxylic acids is 1. The monoisotopic (exact) mass is 315 g/mol. The Balaban J connectivity index is 4.54. The number of unbranched alkanes of at least 4 members (excludes halogenated alkanes) is 5. The van der Waals surface area contributed by atoms with Crippen molar-refractivity contribution in [1.29, 1.82) is 0 Å². The number of quaternary nitrogens is 1. The van der Waals surface area contributed by atoms with Crippen LogP contribution in [0.4, 0.5) is 0 Å². The average molecular weight is 315 g/mol. The van der Waals surface area contributed by atoms with Crippen LogP contribution in [0.25, 0.3) is 0 Å². The number of hydrogen-bond acceptors (Lipinski definition) is 4. The molecule has 0 amide bonds. The minimum Gasteiger partial charge on any atom is -0.544 e. The van der Waals surface area contributed by atoms with Gasteiger partial charge in [-0.3, -0.25) is 0 Å². The van der Waals surface area contributed by atoms with Gasteiger partial charge in [0.25, 0.3) is 0 Å². The highest BCUT2D eigenvalue weighted by atomic mass is 16.4. The van der Waals surface area contributed by atoms with Gasteiger partial charge in [-0.1, -0.05) is 18.9 Å². The lowest BCUT2D eigenvalue weighted by Crippen LogP contribution is -2.59. The molecule has 0 saturated carbocycles.